The van der Waals surface area contributed by atoms with E-state index < -0.39 is 0 Å². The minimum absolute atomic E-state index is 0.00911. The number of nitrogens with zero attached hydrogens (tertiary/aromatic N) is 1. The Balaban J connectivity index is 1.81. The lowest BCUT2D eigenvalue weighted by atomic mass is 10.2. The van der Waals surface area contributed by atoms with Gasteiger partial charge in [-0.15, -0.1) is 23.1 Å². The second-order valence-corrected chi connectivity index (χ2v) is 5.38. The van der Waals surface area contributed by atoms with Crippen LogP contribution in [0.4, 0.5) is 0 Å². The van der Waals surface area contributed by atoms with E-state index in [-0.39, 0.29) is 5.91 Å². The van der Waals surface area contributed by atoms with Crippen molar-refractivity contribution in [1.29, 1.82) is 0 Å². The van der Waals surface area contributed by atoms with E-state index in [1.165, 1.54) is 16.2 Å². The summed E-state index contributed by atoms with van der Waals surface area (Å²) >= 11 is 3.22. The van der Waals surface area contributed by atoms with Crippen molar-refractivity contribution in [3.63, 3.8) is 0 Å². The average Bonchev–Trinajstić information content (AvgIpc) is 2.90. The van der Waals surface area contributed by atoms with Crippen molar-refractivity contribution in [1.82, 2.24) is 10.3 Å². The number of thiazole rings is 1. The minimum Gasteiger partial charge on any atom is -0.352 e. The van der Waals surface area contributed by atoms with E-state index in [1.807, 2.05) is 23.8 Å². The summed E-state index contributed by atoms with van der Waals surface area (Å²) in [6.45, 7) is 0.567. The summed E-state index contributed by atoms with van der Waals surface area (Å²) in [5.41, 5.74) is 3.68. The van der Waals surface area contributed by atoms with E-state index >= 15 is 0 Å². The standard InChI is InChI=1S/C13H14N2OS2/c1-17-12-4-2-10(3-5-12)7-14-13(16)6-11-8-18-9-15-11/h2-5,8-9H,6-7H2,1H3,(H,14,16). The number of hydrogen-bond acceptors (Lipinski definition) is 4. The zero-order valence-corrected chi connectivity index (χ0v) is 11.7. The van der Waals surface area contributed by atoms with Crippen molar-refractivity contribution in [3.05, 3.63) is 46.4 Å². The highest BCUT2D eigenvalue weighted by Crippen LogP contribution is 2.14. The van der Waals surface area contributed by atoms with E-state index in [1.54, 1.807) is 17.3 Å². The summed E-state index contributed by atoms with van der Waals surface area (Å²) in [7, 11) is 0. The molecule has 2 rings (SSSR count). The molecule has 1 heterocycles. The lowest BCUT2D eigenvalue weighted by Gasteiger charge is -2.05. The van der Waals surface area contributed by atoms with Crippen molar-refractivity contribution >= 4 is 29.0 Å². The van der Waals surface area contributed by atoms with Gasteiger partial charge in [0.25, 0.3) is 0 Å². The SMILES string of the molecule is CSc1ccc(CNC(=O)Cc2cscn2)cc1. The number of amides is 1. The summed E-state index contributed by atoms with van der Waals surface area (Å²) in [6, 6.07) is 8.20. The highest BCUT2D eigenvalue weighted by atomic mass is 32.2. The molecular weight excluding hydrogens is 264 g/mol. The van der Waals surface area contributed by atoms with Crippen LogP contribution in [0.25, 0.3) is 0 Å². The molecule has 2 aromatic rings. The van der Waals surface area contributed by atoms with Gasteiger partial charge in [0.2, 0.25) is 5.91 Å². The van der Waals surface area contributed by atoms with Gasteiger partial charge in [0.05, 0.1) is 17.6 Å². The molecule has 1 aromatic carbocycles. The van der Waals surface area contributed by atoms with Gasteiger partial charge in [-0.25, -0.2) is 4.98 Å². The topological polar surface area (TPSA) is 42.0 Å². The molecule has 0 radical (unpaired) electrons. The first-order valence-corrected chi connectivity index (χ1v) is 7.71. The van der Waals surface area contributed by atoms with Gasteiger partial charge in [0.15, 0.2) is 0 Å². The third-order valence-electron chi connectivity index (χ3n) is 2.47. The maximum absolute atomic E-state index is 11.7. The number of benzene rings is 1. The molecule has 3 nitrogen and oxygen atoms in total. The maximum atomic E-state index is 11.7. The Morgan fingerprint density at radius 1 is 1.39 bits per heavy atom. The Hall–Kier alpha value is -1.33. The number of nitrogens with one attached hydrogen (secondary N) is 1. The normalized spacial score (nSPS) is 10.3. The lowest BCUT2D eigenvalue weighted by Crippen LogP contribution is -2.24. The van der Waals surface area contributed by atoms with Crippen LogP contribution in [0, 0.1) is 0 Å². The quantitative estimate of drug-likeness (QED) is 0.855. The van der Waals surface area contributed by atoms with Gasteiger partial charge in [0.1, 0.15) is 0 Å². The highest BCUT2D eigenvalue weighted by molar-refractivity contribution is 7.98. The van der Waals surface area contributed by atoms with E-state index in [9.17, 15) is 4.79 Å². The smallest absolute Gasteiger partial charge is 0.226 e. The van der Waals surface area contributed by atoms with Crippen LogP contribution in [0.15, 0.2) is 40.1 Å². The molecule has 0 saturated carbocycles. The third kappa shape index (κ3) is 3.85. The predicted octanol–water partition coefficient (Wildman–Crippen LogP) is 2.72. The number of carbonyl (C=O) groups is 1. The predicted molar refractivity (Wildman–Crippen MR) is 75.9 cm³/mol. The van der Waals surface area contributed by atoms with Gasteiger partial charge in [-0.3, -0.25) is 4.79 Å². The first kappa shape index (κ1) is 13.1. The molecule has 0 bridgehead atoms. The van der Waals surface area contributed by atoms with E-state index in [2.05, 4.69) is 22.4 Å². The molecule has 0 spiro atoms. The number of aromatic nitrogens is 1. The zero-order valence-electron chi connectivity index (χ0n) is 10.1. The average molecular weight is 278 g/mol. The molecule has 5 heteroatoms. The fraction of sp³-hybridized carbons (Fsp3) is 0.231. The van der Waals surface area contributed by atoms with Gasteiger partial charge in [0, 0.05) is 16.8 Å². The van der Waals surface area contributed by atoms with Crippen molar-refractivity contribution in [2.75, 3.05) is 6.26 Å². The van der Waals surface area contributed by atoms with Crippen LogP contribution in [-0.4, -0.2) is 17.1 Å². The summed E-state index contributed by atoms with van der Waals surface area (Å²) in [6.07, 6.45) is 2.40. The Labute approximate surface area is 115 Å². The molecule has 0 saturated heterocycles. The maximum Gasteiger partial charge on any atom is 0.226 e. The van der Waals surface area contributed by atoms with Crippen LogP contribution >= 0.6 is 23.1 Å². The lowest BCUT2D eigenvalue weighted by molar-refractivity contribution is -0.120. The van der Waals surface area contributed by atoms with Crippen molar-refractivity contribution in [2.45, 2.75) is 17.9 Å². The van der Waals surface area contributed by atoms with Crippen molar-refractivity contribution in [2.24, 2.45) is 0 Å². The third-order valence-corrected chi connectivity index (χ3v) is 3.85. The fourth-order valence-electron chi connectivity index (χ4n) is 1.50. The first-order chi connectivity index (χ1) is 8.78. The van der Waals surface area contributed by atoms with Gasteiger partial charge in [-0.05, 0) is 24.0 Å². The highest BCUT2D eigenvalue weighted by Gasteiger charge is 2.04. The first-order valence-electron chi connectivity index (χ1n) is 5.54. The van der Waals surface area contributed by atoms with Crippen LogP contribution in [0.3, 0.4) is 0 Å². The Bertz CT molecular complexity index is 494. The summed E-state index contributed by atoms with van der Waals surface area (Å²) in [4.78, 5) is 17.0. The number of thioether (sulfide) groups is 1. The summed E-state index contributed by atoms with van der Waals surface area (Å²) < 4.78 is 0. The molecule has 18 heavy (non-hydrogen) atoms. The van der Waals surface area contributed by atoms with E-state index in [0.717, 1.165) is 11.3 Å². The van der Waals surface area contributed by atoms with Crippen LogP contribution in [-0.2, 0) is 17.8 Å². The molecule has 94 valence electrons. The van der Waals surface area contributed by atoms with Crippen LogP contribution in [0.2, 0.25) is 0 Å². The number of hydrogen-bond donors (Lipinski definition) is 1. The molecule has 0 unspecified atom stereocenters. The van der Waals surface area contributed by atoms with Crippen molar-refractivity contribution < 1.29 is 4.79 Å². The molecule has 0 aliphatic rings. The van der Waals surface area contributed by atoms with Crippen LogP contribution in [0.1, 0.15) is 11.3 Å². The van der Waals surface area contributed by atoms with Crippen LogP contribution in [0.5, 0.6) is 0 Å². The number of rotatable bonds is 5. The molecule has 0 aliphatic heterocycles. The fourth-order valence-corrected chi connectivity index (χ4v) is 2.46. The molecular formula is C13H14N2OS2. The largest absolute Gasteiger partial charge is 0.352 e. The summed E-state index contributed by atoms with van der Waals surface area (Å²) in [5, 5.41) is 4.79. The second-order valence-electron chi connectivity index (χ2n) is 3.78. The Kier molecular flexibility index (Phi) is 4.78. The van der Waals surface area contributed by atoms with Crippen LogP contribution < -0.4 is 5.32 Å². The molecule has 0 fully saturated rings. The zero-order chi connectivity index (χ0) is 12.8. The minimum atomic E-state index is 0.00911. The van der Waals surface area contributed by atoms with Gasteiger partial charge in [-0.1, -0.05) is 12.1 Å². The number of carbonyl (C=O) groups excluding carboxylic acids is 1. The van der Waals surface area contributed by atoms with E-state index in [4.69, 9.17) is 0 Å². The second kappa shape index (κ2) is 6.56. The van der Waals surface area contributed by atoms with Gasteiger partial charge >= 0.3 is 0 Å². The Morgan fingerprint density at radius 2 is 2.17 bits per heavy atom. The van der Waals surface area contributed by atoms with Gasteiger partial charge in [-0.2, -0.15) is 0 Å². The van der Waals surface area contributed by atoms with Crippen molar-refractivity contribution in [3.8, 4) is 0 Å². The monoisotopic (exact) mass is 278 g/mol. The molecule has 1 amide bonds. The summed E-state index contributed by atoms with van der Waals surface area (Å²) in [5.74, 6) is 0.00911. The Morgan fingerprint density at radius 3 is 2.78 bits per heavy atom. The molecule has 0 atom stereocenters. The molecule has 1 aromatic heterocycles. The molecule has 0 aliphatic carbocycles. The van der Waals surface area contributed by atoms with E-state index in [0.29, 0.717) is 13.0 Å². The van der Waals surface area contributed by atoms with Gasteiger partial charge < -0.3 is 5.32 Å². The molecule has 1 N–H and O–H groups in total.